The Morgan fingerprint density at radius 2 is 1.82 bits per heavy atom. The summed E-state index contributed by atoms with van der Waals surface area (Å²) in [6, 6.07) is 11.6. The van der Waals surface area contributed by atoms with Crippen molar-refractivity contribution in [2.24, 2.45) is 0 Å². The second-order valence-electron chi connectivity index (χ2n) is 6.38. The van der Waals surface area contributed by atoms with E-state index in [9.17, 15) is 14.0 Å². The van der Waals surface area contributed by atoms with E-state index >= 15 is 0 Å². The summed E-state index contributed by atoms with van der Waals surface area (Å²) in [7, 11) is 0. The van der Waals surface area contributed by atoms with E-state index in [1.807, 2.05) is 32.0 Å². The van der Waals surface area contributed by atoms with Gasteiger partial charge in [-0.05, 0) is 62.2 Å². The Balaban J connectivity index is 1.64. The number of carbonyl (C=O) groups excluding carboxylic acids is 2. The normalized spacial score (nSPS) is 10.6. The number of ether oxygens (including phenoxy) is 1. The minimum absolute atomic E-state index is 0.318. The molecule has 1 N–H and O–H groups in total. The van der Waals surface area contributed by atoms with E-state index in [1.165, 1.54) is 12.1 Å². The van der Waals surface area contributed by atoms with Gasteiger partial charge in [0.2, 0.25) is 0 Å². The number of anilines is 1. The lowest BCUT2D eigenvalue weighted by atomic mass is 10.1. The maximum Gasteiger partial charge on any atom is 0.350 e. The average molecular weight is 398 g/mol. The van der Waals surface area contributed by atoms with Gasteiger partial charge in [-0.2, -0.15) is 0 Å². The molecule has 0 aliphatic carbocycles. The molecule has 0 bridgehead atoms. The Morgan fingerprint density at radius 3 is 2.54 bits per heavy atom. The van der Waals surface area contributed by atoms with Crippen molar-refractivity contribution in [3.63, 3.8) is 0 Å². The van der Waals surface area contributed by atoms with Gasteiger partial charge < -0.3 is 10.1 Å². The highest BCUT2D eigenvalue weighted by Gasteiger charge is 2.19. The summed E-state index contributed by atoms with van der Waals surface area (Å²) in [5, 5.41) is 3.33. The zero-order valence-electron chi connectivity index (χ0n) is 15.7. The van der Waals surface area contributed by atoms with Gasteiger partial charge in [0, 0.05) is 11.3 Å². The fraction of sp³-hybridized carbons (Fsp3) is 0.190. The summed E-state index contributed by atoms with van der Waals surface area (Å²) in [6.07, 6.45) is 0. The van der Waals surface area contributed by atoms with E-state index in [0.29, 0.717) is 26.8 Å². The number of nitrogens with zero attached hydrogens (tertiary/aromatic N) is 1. The smallest absolute Gasteiger partial charge is 0.350 e. The number of aromatic nitrogens is 1. The third-order valence-electron chi connectivity index (χ3n) is 4.07. The van der Waals surface area contributed by atoms with Crippen LogP contribution < -0.4 is 5.32 Å². The second kappa shape index (κ2) is 8.31. The van der Waals surface area contributed by atoms with Crippen molar-refractivity contribution in [3.8, 4) is 10.6 Å². The van der Waals surface area contributed by atoms with Crippen LogP contribution in [0.2, 0.25) is 0 Å². The Bertz CT molecular complexity index is 1030. The number of aryl methyl sites for hydroxylation is 3. The standard InChI is InChI=1S/C21H19FN2O3S/c1-12-4-5-13(2)17(10-12)24-18(25)11-27-21(26)19-14(3)23-20(28-19)15-6-8-16(22)9-7-15/h4-10H,11H2,1-3H3,(H,24,25). The molecule has 144 valence electrons. The highest BCUT2D eigenvalue weighted by atomic mass is 32.1. The number of hydrogen-bond donors (Lipinski definition) is 1. The molecule has 0 aliphatic rings. The average Bonchev–Trinajstić information content (AvgIpc) is 3.05. The third-order valence-corrected chi connectivity index (χ3v) is 5.26. The predicted molar refractivity (Wildman–Crippen MR) is 107 cm³/mol. The molecule has 1 aromatic heterocycles. The molecule has 0 saturated carbocycles. The molecule has 2 aromatic carbocycles. The van der Waals surface area contributed by atoms with Gasteiger partial charge in [0.05, 0.1) is 5.69 Å². The molecule has 0 atom stereocenters. The topological polar surface area (TPSA) is 68.3 Å². The quantitative estimate of drug-likeness (QED) is 0.634. The van der Waals surface area contributed by atoms with Crippen molar-refractivity contribution >= 4 is 28.9 Å². The summed E-state index contributed by atoms with van der Waals surface area (Å²) in [5.74, 6) is -1.37. The van der Waals surface area contributed by atoms with E-state index < -0.39 is 18.5 Å². The molecule has 0 aliphatic heterocycles. The van der Waals surface area contributed by atoms with Crippen molar-refractivity contribution in [2.45, 2.75) is 20.8 Å². The number of benzene rings is 2. The number of esters is 1. The van der Waals surface area contributed by atoms with E-state index in [-0.39, 0.29) is 5.82 Å². The summed E-state index contributed by atoms with van der Waals surface area (Å²) < 4.78 is 18.2. The first-order valence-electron chi connectivity index (χ1n) is 8.61. The van der Waals surface area contributed by atoms with Crippen molar-refractivity contribution in [3.05, 3.63) is 70.0 Å². The fourth-order valence-electron chi connectivity index (χ4n) is 2.56. The Morgan fingerprint density at radius 1 is 1.11 bits per heavy atom. The van der Waals surface area contributed by atoms with Gasteiger partial charge in [0.25, 0.3) is 5.91 Å². The van der Waals surface area contributed by atoms with Crippen LogP contribution in [0.15, 0.2) is 42.5 Å². The minimum Gasteiger partial charge on any atom is -0.451 e. The zero-order chi connectivity index (χ0) is 20.3. The van der Waals surface area contributed by atoms with Gasteiger partial charge in [-0.1, -0.05) is 12.1 Å². The summed E-state index contributed by atoms with van der Waals surface area (Å²) in [4.78, 5) is 29.1. The van der Waals surface area contributed by atoms with Crippen LogP contribution in [0.1, 0.15) is 26.5 Å². The Labute approximate surface area is 166 Å². The highest BCUT2D eigenvalue weighted by molar-refractivity contribution is 7.17. The molecule has 3 rings (SSSR count). The zero-order valence-corrected chi connectivity index (χ0v) is 16.5. The van der Waals surface area contributed by atoms with Crippen molar-refractivity contribution < 1.29 is 18.7 Å². The van der Waals surface area contributed by atoms with Gasteiger partial charge in [-0.25, -0.2) is 14.2 Å². The van der Waals surface area contributed by atoms with E-state index in [2.05, 4.69) is 10.3 Å². The summed E-state index contributed by atoms with van der Waals surface area (Å²) in [5.41, 5.74) is 3.85. The molecular formula is C21H19FN2O3S. The number of hydrogen-bond acceptors (Lipinski definition) is 5. The van der Waals surface area contributed by atoms with Crippen LogP contribution in [0.5, 0.6) is 0 Å². The van der Waals surface area contributed by atoms with Crippen LogP contribution in [0, 0.1) is 26.6 Å². The molecule has 0 unspecified atom stereocenters. The number of halogens is 1. The molecule has 0 fully saturated rings. The first kappa shape index (κ1) is 19.7. The van der Waals surface area contributed by atoms with Crippen LogP contribution in [-0.4, -0.2) is 23.5 Å². The highest BCUT2D eigenvalue weighted by Crippen LogP contribution is 2.28. The second-order valence-corrected chi connectivity index (χ2v) is 7.38. The third kappa shape index (κ3) is 4.61. The van der Waals surface area contributed by atoms with Crippen molar-refractivity contribution in [1.82, 2.24) is 4.98 Å². The van der Waals surface area contributed by atoms with E-state index in [0.717, 1.165) is 22.5 Å². The van der Waals surface area contributed by atoms with Crippen molar-refractivity contribution in [1.29, 1.82) is 0 Å². The maximum atomic E-state index is 13.1. The van der Waals surface area contributed by atoms with E-state index in [1.54, 1.807) is 19.1 Å². The molecule has 3 aromatic rings. The Hall–Kier alpha value is -3.06. The number of nitrogens with one attached hydrogen (secondary N) is 1. The van der Waals surface area contributed by atoms with Gasteiger partial charge in [-0.3, -0.25) is 4.79 Å². The first-order chi connectivity index (χ1) is 13.3. The van der Waals surface area contributed by atoms with E-state index in [4.69, 9.17) is 4.74 Å². The predicted octanol–water partition coefficient (Wildman–Crippen LogP) is 4.67. The fourth-order valence-corrected chi connectivity index (χ4v) is 3.52. The maximum absolute atomic E-state index is 13.1. The number of amides is 1. The molecule has 28 heavy (non-hydrogen) atoms. The number of carbonyl (C=O) groups is 2. The van der Waals surface area contributed by atoms with Gasteiger partial charge in [-0.15, -0.1) is 11.3 Å². The monoisotopic (exact) mass is 398 g/mol. The van der Waals surface area contributed by atoms with Crippen LogP contribution in [0.25, 0.3) is 10.6 Å². The van der Waals surface area contributed by atoms with Crippen LogP contribution in [0.3, 0.4) is 0 Å². The molecule has 0 radical (unpaired) electrons. The van der Waals surface area contributed by atoms with Gasteiger partial charge >= 0.3 is 5.97 Å². The lowest BCUT2D eigenvalue weighted by molar-refractivity contribution is -0.119. The van der Waals surface area contributed by atoms with Gasteiger partial charge in [0.15, 0.2) is 6.61 Å². The molecule has 7 heteroatoms. The molecular weight excluding hydrogens is 379 g/mol. The molecule has 5 nitrogen and oxygen atoms in total. The summed E-state index contributed by atoms with van der Waals surface area (Å²) >= 11 is 1.15. The Kier molecular flexibility index (Phi) is 5.84. The van der Waals surface area contributed by atoms with Crippen LogP contribution >= 0.6 is 11.3 Å². The van der Waals surface area contributed by atoms with Gasteiger partial charge in [0.1, 0.15) is 15.7 Å². The first-order valence-corrected chi connectivity index (χ1v) is 9.42. The van der Waals surface area contributed by atoms with Crippen LogP contribution in [-0.2, 0) is 9.53 Å². The molecule has 1 heterocycles. The number of rotatable bonds is 5. The lowest BCUT2D eigenvalue weighted by Crippen LogP contribution is -2.21. The SMILES string of the molecule is Cc1ccc(C)c(NC(=O)COC(=O)c2sc(-c3ccc(F)cc3)nc2C)c1. The molecule has 0 saturated heterocycles. The number of thiazole rings is 1. The molecule has 1 amide bonds. The van der Waals surface area contributed by atoms with Crippen LogP contribution in [0.4, 0.5) is 10.1 Å². The lowest BCUT2D eigenvalue weighted by Gasteiger charge is -2.09. The molecule has 0 spiro atoms. The summed E-state index contributed by atoms with van der Waals surface area (Å²) in [6.45, 7) is 5.12. The minimum atomic E-state index is -0.612. The van der Waals surface area contributed by atoms with Crippen molar-refractivity contribution in [2.75, 3.05) is 11.9 Å². The largest absolute Gasteiger partial charge is 0.451 e.